The Morgan fingerprint density at radius 2 is 1.65 bits per heavy atom. The summed E-state index contributed by atoms with van der Waals surface area (Å²) in [6.45, 7) is 17.0. The number of benzene rings is 1. The third kappa shape index (κ3) is 9.09. The smallest absolute Gasteiger partial charge is 0.249 e. The van der Waals surface area contributed by atoms with Gasteiger partial charge in [0.2, 0.25) is 23.6 Å². The number of hydrogen-bond acceptors (Lipinski definition) is 5. The van der Waals surface area contributed by atoms with Crippen molar-refractivity contribution in [3.8, 4) is 0 Å². The Labute approximate surface area is 279 Å². The maximum absolute atomic E-state index is 14.1. The van der Waals surface area contributed by atoms with Gasteiger partial charge < -0.3 is 20.4 Å². The van der Waals surface area contributed by atoms with Crippen LogP contribution in [0.5, 0.6) is 0 Å². The van der Waals surface area contributed by atoms with E-state index in [1.807, 2.05) is 34.6 Å². The van der Waals surface area contributed by atoms with Gasteiger partial charge in [0.25, 0.3) is 0 Å². The summed E-state index contributed by atoms with van der Waals surface area (Å²) in [7, 11) is 1.72. The molecule has 4 amide bonds. The maximum atomic E-state index is 14.1. The number of rotatable bonds is 10. The number of anilines is 1. The Hall–Kier alpha value is -2.98. The molecule has 0 saturated carbocycles. The van der Waals surface area contributed by atoms with Crippen LogP contribution in [0, 0.1) is 17.2 Å². The summed E-state index contributed by atoms with van der Waals surface area (Å²) in [5.41, 5.74) is 0.220. The van der Waals surface area contributed by atoms with Gasteiger partial charge in [-0.1, -0.05) is 58.7 Å². The molecule has 0 aliphatic carbocycles. The minimum absolute atomic E-state index is 0.0382. The largest absolute Gasteiger partial charge is 0.342 e. The summed E-state index contributed by atoms with van der Waals surface area (Å²) in [5.74, 6) is -1.62. The van der Waals surface area contributed by atoms with E-state index in [0.717, 1.165) is 25.8 Å². The summed E-state index contributed by atoms with van der Waals surface area (Å²) in [4.78, 5) is 60.0. The maximum Gasteiger partial charge on any atom is 0.249 e. The van der Waals surface area contributed by atoms with Crippen LogP contribution in [0.1, 0.15) is 87.5 Å². The summed E-state index contributed by atoms with van der Waals surface area (Å²) in [6, 6.07) is 2.00. The molecule has 1 aromatic rings. The zero-order valence-electron chi connectivity index (χ0n) is 29.0. The molecule has 0 bridgehead atoms. The van der Waals surface area contributed by atoms with Crippen LogP contribution in [0.15, 0.2) is 29.8 Å². The number of piperidine rings is 1. The second kappa shape index (κ2) is 15.7. The van der Waals surface area contributed by atoms with E-state index in [9.17, 15) is 23.6 Å². The molecule has 1 aromatic carbocycles. The van der Waals surface area contributed by atoms with Crippen LogP contribution < -0.4 is 10.6 Å². The fourth-order valence-electron chi connectivity index (χ4n) is 6.48. The molecule has 1 unspecified atom stereocenters. The van der Waals surface area contributed by atoms with Gasteiger partial charge in [0.05, 0.1) is 17.1 Å². The van der Waals surface area contributed by atoms with Gasteiger partial charge in [-0.2, -0.15) is 0 Å². The van der Waals surface area contributed by atoms with Gasteiger partial charge in [0.15, 0.2) is 0 Å². The molecule has 0 aromatic heterocycles. The Kier molecular flexibility index (Phi) is 12.8. The number of halogens is 2. The van der Waals surface area contributed by atoms with E-state index in [0.29, 0.717) is 30.6 Å². The predicted molar refractivity (Wildman–Crippen MR) is 181 cm³/mol. The minimum Gasteiger partial charge on any atom is -0.342 e. The molecular weight excluding hydrogens is 609 g/mol. The normalized spacial score (nSPS) is 20.9. The van der Waals surface area contributed by atoms with Gasteiger partial charge in [-0.15, -0.1) is 0 Å². The van der Waals surface area contributed by atoms with Gasteiger partial charge in [0.1, 0.15) is 17.9 Å². The molecule has 2 saturated heterocycles. The fraction of sp³-hybridized carbons (Fsp3) is 0.657. The van der Waals surface area contributed by atoms with Gasteiger partial charge in [-0.3, -0.25) is 24.1 Å². The molecule has 3 rings (SSSR count). The molecule has 256 valence electrons. The van der Waals surface area contributed by atoms with Crippen LogP contribution in [-0.2, 0) is 19.2 Å². The van der Waals surface area contributed by atoms with Crippen molar-refractivity contribution in [2.24, 2.45) is 11.3 Å². The number of nitrogens with zero attached hydrogens (tertiary/aromatic N) is 3. The predicted octanol–water partition coefficient (Wildman–Crippen LogP) is 5.63. The van der Waals surface area contributed by atoms with Crippen molar-refractivity contribution >= 4 is 40.9 Å². The second-order valence-electron chi connectivity index (χ2n) is 14.5. The minimum atomic E-state index is -0.766. The van der Waals surface area contributed by atoms with Gasteiger partial charge >= 0.3 is 0 Å². The standard InChI is InChI=1S/C35H53ClFN5O4/c1-21(2)29(40(9)34(46)30(35(6,7)8)39-32(44)27-13-10-11-17-41(27)22(3)4)19-23(5)33(45)42-18-12-14-28(42)31(43)38-24-15-16-26(37)25(36)20-24/h15-16,19-22,27-30H,10-14,17-18H2,1-9H3,(H,38,43)(H,39,44)/b23-19+/t27?,28-,29+,30+/m0/s1. The van der Waals surface area contributed by atoms with Crippen molar-refractivity contribution in [3.05, 3.63) is 40.7 Å². The molecule has 2 aliphatic rings. The average molecular weight is 662 g/mol. The quantitative estimate of drug-likeness (QED) is 0.317. The third-order valence-corrected chi connectivity index (χ3v) is 9.44. The van der Waals surface area contributed by atoms with Gasteiger partial charge in [-0.05, 0) is 82.5 Å². The van der Waals surface area contributed by atoms with E-state index in [4.69, 9.17) is 11.6 Å². The molecule has 2 heterocycles. The number of hydrogen-bond donors (Lipinski definition) is 2. The van der Waals surface area contributed by atoms with E-state index in [1.54, 1.807) is 29.8 Å². The van der Waals surface area contributed by atoms with Crippen LogP contribution in [0.3, 0.4) is 0 Å². The highest BCUT2D eigenvalue weighted by Gasteiger charge is 2.40. The number of likely N-dealkylation sites (N-methyl/N-ethyl adjacent to an activating group) is 1. The third-order valence-electron chi connectivity index (χ3n) is 9.15. The van der Waals surface area contributed by atoms with E-state index in [2.05, 4.69) is 29.4 Å². The molecule has 2 aliphatic heterocycles. The molecular formula is C35H53ClFN5O4. The van der Waals surface area contributed by atoms with E-state index in [1.165, 1.54) is 18.2 Å². The molecule has 0 spiro atoms. The van der Waals surface area contributed by atoms with Crippen LogP contribution in [0.25, 0.3) is 0 Å². The highest BCUT2D eigenvalue weighted by atomic mass is 35.5. The van der Waals surface area contributed by atoms with Gasteiger partial charge in [0, 0.05) is 30.9 Å². The Morgan fingerprint density at radius 3 is 2.24 bits per heavy atom. The highest BCUT2D eigenvalue weighted by Crippen LogP contribution is 2.27. The van der Waals surface area contributed by atoms with Crippen LogP contribution in [-0.4, -0.2) is 88.7 Å². The van der Waals surface area contributed by atoms with Crippen molar-refractivity contribution in [2.75, 3.05) is 25.5 Å². The lowest BCUT2D eigenvalue weighted by Crippen LogP contribution is -2.60. The van der Waals surface area contributed by atoms with Gasteiger partial charge in [-0.25, -0.2) is 4.39 Å². The number of carbonyl (C=O) groups is 4. The Morgan fingerprint density at radius 1 is 1.00 bits per heavy atom. The average Bonchev–Trinajstić information content (AvgIpc) is 3.48. The molecule has 4 atom stereocenters. The van der Waals surface area contributed by atoms with Crippen LogP contribution in [0.2, 0.25) is 5.02 Å². The highest BCUT2D eigenvalue weighted by molar-refractivity contribution is 6.31. The van der Waals surface area contributed by atoms with Crippen molar-refractivity contribution in [3.63, 3.8) is 0 Å². The summed E-state index contributed by atoms with van der Waals surface area (Å²) >= 11 is 5.87. The monoisotopic (exact) mass is 661 g/mol. The van der Waals surface area contributed by atoms with Crippen LogP contribution >= 0.6 is 11.6 Å². The van der Waals surface area contributed by atoms with Crippen LogP contribution in [0.4, 0.5) is 10.1 Å². The molecule has 2 fully saturated rings. The van der Waals surface area contributed by atoms with E-state index in [-0.39, 0.29) is 46.7 Å². The molecule has 11 heteroatoms. The number of nitrogens with one attached hydrogen (secondary N) is 2. The number of carbonyl (C=O) groups excluding carboxylic acids is 4. The van der Waals surface area contributed by atoms with E-state index < -0.39 is 29.4 Å². The lowest BCUT2D eigenvalue weighted by Gasteiger charge is -2.41. The SMILES string of the molecule is C/C(=C\[C@H](C(C)C)N(C)C(=O)[C@@H](NC(=O)C1CCCCN1C(C)C)C(C)(C)C)C(=O)N1CCC[C@H]1C(=O)Nc1ccc(F)c(Cl)c1. The first-order chi connectivity index (χ1) is 21.4. The molecule has 0 radical (unpaired) electrons. The molecule has 9 nitrogen and oxygen atoms in total. The Bertz CT molecular complexity index is 1310. The lowest BCUT2D eigenvalue weighted by molar-refractivity contribution is -0.142. The first kappa shape index (κ1) is 37.5. The zero-order chi connectivity index (χ0) is 34.5. The van der Waals surface area contributed by atoms with Crippen molar-refractivity contribution < 1.29 is 23.6 Å². The first-order valence-electron chi connectivity index (χ1n) is 16.5. The van der Waals surface area contributed by atoms with E-state index >= 15 is 0 Å². The topological polar surface area (TPSA) is 102 Å². The molecule has 46 heavy (non-hydrogen) atoms. The summed E-state index contributed by atoms with van der Waals surface area (Å²) in [6.07, 6.45) is 5.74. The fourth-order valence-corrected chi connectivity index (χ4v) is 6.66. The first-order valence-corrected chi connectivity index (χ1v) is 16.9. The lowest BCUT2D eigenvalue weighted by atomic mass is 9.84. The second-order valence-corrected chi connectivity index (χ2v) is 14.9. The number of amides is 4. The van der Waals surface area contributed by atoms with Crippen molar-refractivity contribution in [1.29, 1.82) is 0 Å². The molecule has 2 N–H and O–H groups in total. The zero-order valence-corrected chi connectivity index (χ0v) is 29.7. The summed E-state index contributed by atoms with van der Waals surface area (Å²) < 4.78 is 13.6. The van der Waals surface area contributed by atoms with Crippen molar-refractivity contribution in [2.45, 2.75) is 118 Å². The Balaban J connectivity index is 1.78. The number of likely N-dealkylation sites (tertiary alicyclic amines) is 2. The van der Waals surface area contributed by atoms with Crippen molar-refractivity contribution in [1.82, 2.24) is 20.0 Å². The summed E-state index contributed by atoms with van der Waals surface area (Å²) in [5, 5.41) is 5.76.